The topological polar surface area (TPSA) is 103 Å². The fraction of sp³-hybridized carbons (Fsp3) is 0.111. The highest BCUT2D eigenvalue weighted by Crippen LogP contribution is 2.27. The summed E-state index contributed by atoms with van der Waals surface area (Å²) in [7, 11) is 0. The smallest absolute Gasteiger partial charge is 0.275 e. The lowest BCUT2D eigenvalue weighted by molar-refractivity contribution is 0.0792. The molecule has 7 nitrogen and oxygen atoms in total. The molecule has 0 fully saturated rings. The first-order chi connectivity index (χ1) is 13.4. The largest absolute Gasteiger partial charge is 0.470 e. The third-order valence-electron chi connectivity index (χ3n) is 3.58. The van der Waals surface area contributed by atoms with Crippen molar-refractivity contribution >= 4 is 17.3 Å². The first-order valence-corrected chi connectivity index (χ1v) is 7.98. The van der Waals surface area contributed by atoms with Gasteiger partial charge in [0.05, 0.1) is 23.8 Å². The molecular formula is C18H14F3N5O2. The number of nitrogens with two attached hydrogens (primary N) is 1. The summed E-state index contributed by atoms with van der Waals surface area (Å²) in [6.07, 6.45) is 0.883. The van der Waals surface area contributed by atoms with Crippen molar-refractivity contribution in [3.05, 3.63) is 60.6 Å². The maximum Gasteiger partial charge on any atom is 0.275 e. The van der Waals surface area contributed by atoms with Gasteiger partial charge in [0.15, 0.2) is 6.61 Å². The van der Waals surface area contributed by atoms with Crippen LogP contribution in [0.2, 0.25) is 0 Å². The fourth-order valence-electron chi connectivity index (χ4n) is 2.23. The Morgan fingerprint density at radius 3 is 2.50 bits per heavy atom. The number of anilines is 2. The molecule has 0 atom stereocenters. The number of aromatic nitrogens is 3. The van der Waals surface area contributed by atoms with Crippen LogP contribution < -0.4 is 15.8 Å². The number of hydrogen-bond acceptors (Lipinski definition) is 6. The lowest BCUT2D eigenvalue weighted by Gasteiger charge is -2.10. The number of nitrogen functional groups attached to an aromatic ring is 1. The van der Waals surface area contributed by atoms with E-state index in [-0.39, 0.29) is 11.6 Å². The Labute approximate surface area is 157 Å². The molecule has 10 heteroatoms. The zero-order chi connectivity index (χ0) is 20.1. The summed E-state index contributed by atoms with van der Waals surface area (Å²) in [4.78, 5) is 23.5. The van der Waals surface area contributed by atoms with Gasteiger partial charge in [0.2, 0.25) is 11.8 Å². The first-order valence-electron chi connectivity index (χ1n) is 7.98. The van der Waals surface area contributed by atoms with Crippen molar-refractivity contribution in [2.45, 2.75) is 6.43 Å². The molecule has 0 aliphatic rings. The predicted octanol–water partition coefficient (Wildman–Crippen LogP) is 3.16. The highest BCUT2D eigenvalue weighted by Gasteiger charge is 2.12. The maximum atomic E-state index is 13.0. The van der Waals surface area contributed by atoms with Gasteiger partial charge in [0.25, 0.3) is 12.3 Å². The lowest BCUT2D eigenvalue weighted by Crippen LogP contribution is -2.16. The van der Waals surface area contributed by atoms with Gasteiger partial charge in [-0.25, -0.2) is 23.7 Å². The zero-order valence-corrected chi connectivity index (χ0v) is 14.3. The van der Waals surface area contributed by atoms with E-state index < -0.39 is 24.9 Å². The van der Waals surface area contributed by atoms with E-state index in [0.29, 0.717) is 22.5 Å². The number of amides is 1. The third kappa shape index (κ3) is 4.72. The number of alkyl halides is 2. The van der Waals surface area contributed by atoms with Gasteiger partial charge in [-0.2, -0.15) is 4.39 Å². The van der Waals surface area contributed by atoms with Crippen LogP contribution in [0.15, 0.2) is 48.9 Å². The van der Waals surface area contributed by atoms with Crippen LogP contribution in [0.5, 0.6) is 5.88 Å². The molecular weight excluding hydrogens is 375 g/mol. The number of nitrogens with one attached hydrogen (secondary N) is 1. The quantitative estimate of drug-likeness (QED) is 0.496. The molecule has 0 aliphatic carbocycles. The first kappa shape index (κ1) is 19.1. The summed E-state index contributed by atoms with van der Waals surface area (Å²) >= 11 is 0. The highest BCUT2D eigenvalue weighted by atomic mass is 19.3. The van der Waals surface area contributed by atoms with Gasteiger partial charge in [-0.1, -0.05) is 6.07 Å². The summed E-state index contributed by atoms with van der Waals surface area (Å²) in [5.74, 6) is -1.33. The van der Waals surface area contributed by atoms with Gasteiger partial charge in [-0.3, -0.25) is 4.79 Å². The number of benzene rings is 1. The minimum atomic E-state index is -2.64. The van der Waals surface area contributed by atoms with Crippen molar-refractivity contribution < 1.29 is 22.7 Å². The van der Waals surface area contributed by atoms with Gasteiger partial charge in [0, 0.05) is 11.8 Å². The number of ether oxygens (including phenoxy) is 1. The van der Waals surface area contributed by atoms with Gasteiger partial charge in [-0.15, -0.1) is 0 Å². The SMILES string of the molecule is Nc1ccc(-c2ccc(F)nc2)cc1NC(=O)c1cnc(OCC(F)F)cn1. The number of rotatable bonds is 6. The Morgan fingerprint density at radius 1 is 1.07 bits per heavy atom. The van der Waals surface area contributed by atoms with Gasteiger partial charge in [-0.05, 0) is 29.8 Å². The van der Waals surface area contributed by atoms with Crippen molar-refractivity contribution in [3.8, 4) is 17.0 Å². The number of pyridine rings is 1. The number of carbonyl (C=O) groups excluding carboxylic acids is 1. The molecule has 0 aliphatic heterocycles. The van der Waals surface area contributed by atoms with E-state index in [9.17, 15) is 18.0 Å². The highest BCUT2D eigenvalue weighted by molar-refractivity contribution is 6.04. The van der Waals surface area contributed by atoms with Gasteiger partial charge in [0.1, 0.15) is 5.69 Å². The molecule has 0 saturated carbocycles. The Kier molecular flexibility index (Phi) is 5.68. The van der Waals surface area contributed by atoms with Gasteiger partial charge >= 0.3 is 0 Å². The minimum absolute atomic E-state index is 0.0577. The van der Waals surface area contributed by atoms with E-state index >= 15 is 0 Å². The summed E-state index contributed by atoms with van der Waals surface area (Å²) in [5.41, 5.74) is 7.75. The molecule has 0 bridgehead atoms. The molecule has 0 saturated heterocycles. The molecule has 2 heterocycles. The molecule has 3 rings (SSSR count). The van der Waals surface area contributed by atoms with Crippen LogP contribution in [0.3, 0.4) is 0 Å². The van der Waals surface area contributed by atoms with E-state index in [1.165, 1.54) is 12.3 Å². The fourth-order valence-corrected chi connectivity index (χ4v) is 2.23. The van der Waals surface area contributed by atoms with Crippen molar-refractivity contribution in [3.63, 3.8) is 0 Å². The number of halogens is 3. The minimum Gasteiger partial charge on any atom is -0.470 e. The van der Waals surface area contributed by atoms with Gasteiger partial charge < -0.3 is 15.8 Å². The van der Waals surface area contributed by atoms with Crippen LogP contribution in [-0.2, 0) is 0 Å². The van der Waals surface area contributed by atoms with E-state index in [2.05, 4.69) is 20.3 Å². The summed E-state index contributed by atoms with van der Waals surface area (Å²) in [5, 5.41) is 2.60. The van der Waals surface area contributed by atoms with Crippen molar-refractivity contribution in [1.82, 2.24) is 15.0 Å². The lowest BCUT2D eigenvalue weighted by atomic mass is 10.1. The second kappa shape index (κ2) is 8.33. The van der Waals surface area contributed by atoms with Crippen LogP contribution in [0.1, 0.15) is 10.5 Å². The molecule has 3 aromatic rings. The Hall–Kier alpha value is -3.69. The molecule has 0 spiro atoms. The molecule has 2 aromatic heterocycles. The van der Waals surface area contributed by atoms with E-state index in [1.54, 1.807) is 24.3 Å². The van der Waals surface area contributed by atoms with Crippen LogP contribution >= 0.6 is 0 Å². The molecule has 0 radical (unpaired) electrons. The molecule has 1 aromatic carbocycles. The van der Waals surface area contributed by atoms with E-state index in [0.717, 1.165) is 12.4 Å². The average Bonchev–Trinajstić information content (AvgIpc) is 2.69. The monoisotopic (exact) mass is 389 g/mol. The number of carbonyl (C=O) groups is 1. The van der Waals surface area contributed by atoms with E-state index in [4.69, 9.17) is 10.5 Å². The molecule has 3 N–H and O–H groups in total. The van der Waals surface area contributed by atoms with Crippen molar-refractivity contribution in [1.29, 1.82) is 0 Å². The van der Waals surface area contributed by atoms with Crippen LogP contribution in [0, 0.1) is 5.95 Å². The number of nitrogens with zero attached hydrogens (tertiary/aromatic N) is 3. The number of hydrogen-bond donors (Lipinski definition) is 2. The maximum absolute atomic E-state index is 13.0. The molecule has 28 heavy (non-hydrogen) atoms. The van der Waals surface area contributed by atoms with Crippen molar-refractivity contribution in [2.75, 3.05) is 17.7 Å². The molecule has 144 valence electrons. The standard InChI is InChI=1S/C18H14F3N5O2/c19-15(20)9-28-17-8-23-14(7-25-17)18(27)26-13-5-10(1-3-12(13)22)11-2-4-16(21)24-6-11/h1-8,15H,9,22H2,(H,26,27). The normalized spacial score (nSPS) is 10.7. The third-order valence-corrected chi connectivity index (χ3v) is 3.58. The Morgan fingerprint density at radius 2 is 1.86 bits per heavy atom. The van der Waals surface area contributed by atoms with Crippen molar-refractivity contribution in [2.24, 2.45) is 0 Å². The Bertz CT molecular complexity index is 966. The summed E-state index contributed by atoms with van der Waals surface area (Å²) < 4.78 is 41.9. The zero-order valence-electron chi connectivity index (χ0n) is 14.3. The second-order valence-electron chi connectivity index (χ2n) is 5.57. The van der Waals surface area contributed by atoms with Crippen LogP contribution in [-0.4, -0.2) is 33.9 Å². The molecule has 0 unspecified atom stereocenters. The average molecular weight is 389 g/mol. The summed E-state index contributed by atoms with van der Waals surface area (Å²) in [6, 6.07) is 7.66. The predicted molar refractivity (Wildman–Crippen MR) is 95.5 cm³/mol. The van der Waals surface area contributed by atoms with Crippen LogP contribution in [0.25, 0.3) is 11.1 Å². The second-order valence-corrected chi connectivity index (χ2v) is 5.57. The molecule has 1 amide bonds. The van der Waals surface area contributed by atoms with Crippen LogP contribution in [0.4, 0.5) is 24.5 Å². The van der Waals surface area contributed by atoms with E-state index in [1.807, 2.05) is 0 Å². The summed E-state index contributed by atoms with van der Waals surface area (Å²) in [6.45, 7) is -0.818. The Balaban J connectivity index is 1.74.